The van der Waals surface area contributed by atoms with Crippen molar-refractivity contribution in [1.82, 2.24) is 20.4 Å². The zero-order valence-corrected chi connectivity index (χ0v) is 18.5. The maximum absolute atomic E-state index is 11.9. The fourth-order valence-electron chi connectivity index (χ4n) is 3.23. The molecule has 10 nitrogen and oxygen atoms in total. The third-order valence-corrected chi connectivity index (χ3v) is 5.09. The summed E-state index contributed by atoms with van der Waals surface area (Å²) < 4.78 is 16.2. The zero-order chi connectivity index (χ0) is 21.8. The van der Waals surface area contributed by atoms with Crippen LogP contribution in [0.1, 0.15) is 32.6 Å². The van der Waals surface area contributed by atoms with Crippen molar-refractivity contribution in [2.24, 2.45) is 4.99 Å². The zero-order valence-electron chi connectivity index (χ0n) is 18.5. The number of hydrogen-bond acceptors (Lipinski definition) is 6. The molecule has 0 spiro atoms. The summed E-state index contributed by atoms with van der Waals surface area (Å²) in [5.74, 6) is 0.557. The number of likely N-dealkylation sites (N-methyl/N-ethyl adjacent to an activating group) is 1. The highest BCUT2D eigenvalue weighted by molar-refractivity contribution is 5.85. The van der Waals surface area contributed by atoms with Gasteiger partial charge in [0.15, 0.2) is 5.96 Å². The summed E-state index contributed by atoms with van der Waals surface area (Å²) in [6.45, 7) is 6.35. The van der Waals surface area contributed by atoms with Crippen molar-refractivity contribution in [2.75, 3.05) is 66.7 Å². The van der Waals surface area contributed by atoms with Gasteiger partial charge in [0.2, 0.25) is 5.91 Å². The second-order valence-corrected chi connectivity index (χ2v) is 7.69. The van der Waals surface area contributed by atoms with E-state index in [4.69, 9.17) is 14.2 Å². The second kappa shape index (κ2) is 13.3. The number of hydrogen-bond donors (Lipinski definition) is 2. The first kappa shape index (κ1) is 24.2. The lowest BCUT2D eigenvalue weighted by Crippen LogP contribution is -2.50. The Morgan fingerprint density at radius 3 is 2.63 bits per heavy atom. The Bertz CT molecular complexity index is 558. The van der Waals surface area contributed by atoms with Crippen LogP contribution in [0.25, 0.3) is 0 Å². The molecule has 0 saturated carbocycles. The Morgan fingerprint density at radius 2 is 2.00 bits per heavy atom. The average molecular weight is 428 g/mol. The standard InChI is InChI=1S/C20H37N5O5/c1-4-29-20(27)25-10-6-16(7-11-25)23-19(22-14-18(26)24(2)3)21-9-5-12-30-17-8-13-28-15-17/h16-17H,4-15H2,1-3H3,(H2,21,22,23). The maximum atomic E-state index is 11.9. The van der Waals surface area contributed by atoms with Crippen LogP contribution in [0, 0.1) is 0 Å². The summed E-state index contributed by atoms with van der Waals surface area (Å²) in [4.78, 5) is 31.5. The minimum atomic E-state index is -0.257. The van der Waals surface area contributed by atoms with Gasteiger partial charge in [-0.15, -0.1) is 0 Å². The van der Waals surface area contributed by atoms with Crippen LogP contribution in [0.3, 0.4) is 0 Å². The van der Waals surface area contributed by atoms with Gasteiger partial charge in [0.25, 0.3) is 0 Å². The molecule has 2 amide bonds. The molecule has 1 unspecified atom stereocenters. The maximum Gasteiger partial charge on any atom is 0.409 e. The molecule has 2 rings (SSSR count). The monoisotopic (exact) mass is 427 g/mol. The first-order valence-electron chi connectivity index (χ1n) is 10.9. The number of aliphatic imine (C=N–C) groups is 1. The average Bonchev–Trinajstić information content (AvgIpc) is 3.25. The number of nitrogens with zero attached hydrogens (tertiary/aromatic N) is 3. The molecule has 2 aliphatic rings. The molecule has 0 aromatic rings. The van der Waals surface area contributed by atoms with Crippen LogP contribution in [0.15, 0.2) is 4.99 Å². The van der Waals surface area contributed by atoms with Crippen molar-refractivity contribution >= 4 is 18.0 Å². The van der Waals surface area contributed by atoms with Crippen LogP contribution in [0.5, 0.6) is 0 Å². The quantitative estimate of drug-likeness (QED) is 0.312. The lowest BCUT2D eigenvalue weighted by molar-refractivity contribution is -0.127. The Labute approximate surface area is 179 Å². The van der Waals surface area contributed by atoms with E-state index in [1.165, 1.54) is 4.90 Å². The van der Waals surface area contributed by atoms with Gasteiger partial charge < -0.3 is 34.6 Å². The number of likely N-dealkylation sites (tertiary alicyclic amines) is 1. The Kier molecular flexibility index (Phi) is 10.7. The van der Waals surface area contributed by atoms with Crippen LogP contribution in [0.4, 0.5) is 4.79 Å². The van der Waals surface area contributed by atoms with E-state index in [2.05, 4.69) is 15.6 Å². The number of carbonyl (C=O) groups is 2. The Balaban J connectivity index is 1.77. The smallest absolute Gasteiger partial charge is 0.409 e. The van der Waals surface area contributed by atoms with E-state index in [1.54, 1.807) is 19.0 Å². The highest BCUT2D eigenvalue weighted by atomic mass is 16.6. The highest BCUT2D eigenvalue weighted by Crippen LogP contribution is 2.11. The van der Waals surface area contributed by atoms with Gasteiger partial charge >= 0.3 is 6.09 Å². The number of ether oxygens (including phenoxy) is 3. The first-order valence-corrected chi connectivity index (χ1v) is 10.9. The molecule has 10 heteroatoms. The number of piperidine rings is 1. The number of guanidine groups is 1. The third kappa shape index (κ3) is 8.74. The van der Waals surface area contributed by atoms with Crippen LogP contribution >= 0.6 is 0 Å². The molecule has 0 bridgehead atoms. The lowest BCUT2D eigenvalue weighted by atomic mass is 10.1. The van der Waals surface area contributed by atoms with Gasteiger partial charge in [-0.2, -0.15) is 0 Å². The van der Waals surface area contributed by atoms with Gasteiger partial charge in [0.05, 0.1) is 19.3 Å². The van der Waals surface area contributed by atoms with E-state index in [-0.39, 0.29) is 30.7 Å². The van der Waals surface area contributed by atoms with Gasteiger partial charge in [0.1, 0.15) is 6.54 Å². The molecular weight excluding hydrogens is 390 g/mol. The number of rotatable bonds is 9. The van der Waals surface area contributed by atoms with E-state index >= 15 is 0 Å². The summed E-state index contributed by atoms with van der Waals surface area (Å²) in [6, 6.07) is 0.184. The van der Waals surface area contributed by atoms with Gasteiger partial charge in [0, 0.05) is 53.0 Å². The Hall–Kier alpha value is -2.07. The van der Waals surface area contributed by atoms with Crippen molar-refractivity contribution in [3.63, 3.8) is 0 Å². The van der Waals surface area contributed by atoms with Gasteiger partial charge in [-0.1, -0.05) is 0 Å². The molecule has 2 N–H and O–H groups in total. The minimum absolute atomic E-state index is 0.0576. The fourth-order valence-corrected chi connectivity index (χ4v) is 3.23. The molecule has 0 radical (unpaired) electrons. The van der Waals surface area contributed by atoms with Crippen molar-refractivity contribution < 1.29 is 23.8 Å². The van der Waals surface area contributed by atoms with E-state index in [0.29, 0.717) is 45.4 Å². The molecular formula is C20H37N5O5. The van der Waals surface area contributed by atoms with E-state index in [9.17, 15) is 9.59 Å². The van der Waals surface area contributed by atoms with Crippen LogP contribution in [-0.4, -0.2) is 107 Å². The molecule has 2 heterocycles. The first-order chi connectivity index (χ1) is 14.5. The number of carbonyl (C=O) groups excluding carboxylic acids is 2. The fraction of sp³-hybridized carbons (Fsp3) is 0.850. The van der Waals surface area contributed by atoms with Gasteiger partial charge in [-0.25, -0.2) is 9.79 Å². The topological polar surface area (TPSA) is 105 Å². The molecule has 2 fully saturated rings. The van der Waals surface area contributed by atoms with E-state index in [0.717, 1.165) is 32.3 Å². The largest absolute Gasteiger partial charge is 0.450 e. The van der Waals surface area contributed by atoms with Crippen LogP contribution < -0.4 is 10.6 Å². The van der Waals surface area contributed by atoms with Crippen LogP contribution in [0.2, 0.25) is 0 Å². The molecule has 0 aliphatic carbocycles. The summed E-state index contributed by atoms with van der Waals surface area (Å²) in [6.07, 6.45) is 3.34. The summed E-state index contributed by atoms with van der Waals surface area (Å²) >= 11 is 0. The molecule has 2 saturated heterocycles. The second-order valence-electron chi connectivity index (χ2n) is 7.69. The third-order valence-electron chi connectivity index (χ3n) is 5.09. The molecule has 1 atom stereocenters. The molecule has 30 heavy (non-hydrogen) atoms. The molecule has 0 aromatic carbocycles. The van der Waals surface area contributed by atoms with Gasteiger partial charge in [-0.3, -0.25) is 4.79 Å². The summed E-state index contributed by atoms with van der Waals surface area (Å²) in [5.41, 5.74) is 0. The highest BCUT2D eigenvalue weighted by Gasteiger charge is 2.24. The van der Waals surface area contributed by atoms with Crippen molar-refractivity contribution in [3.05, 3.63) is 0 Å². The van der Waals surface area contributed by atoms with Gasteiger partial charge in [-0.05, 0) is 32.6 Å². The van der Waals surface area contributed by atoms with E-state index < -0.39 is 0 Å². The SMILES string of the molecule is CCOC(=O)N1CCC(NC(=NCC(=O)N(C)C)NCCCOC2CCOC2)CC1. The molecule has 2 aliphatic heterocycles. The van der Waals surface area contributed by atoms with E-state index in [1.807, 2.05) is 6.92 Å². The Morgan fingerprint density at radius 1 is 1.23 bits per heavy atom. The normalized spacial score (nSPS) is 20.2. The number of amides is 2. The predicted molar refractivity (Wildman–Crippen MR) is 114 cm³/mol. The lowest BCUT2D eigenvalue weighted by Gasteiger charge is -2.32. The molecule has 172 valence electrons. The summed E-state index contributed by atoms with van der Waals surface area (Å²) in [5, 5.41) is 6.69. The van der Waals surface area contributed by atoms with Crippen LogP contribution in [-0.2, 0) is 19.0 Å². The summed E-state index contributed by atoms with van der Waals surface area (Å²) in [7, 11) is 3.43. The molecule has 0 aromatic heterocycles. The van der Waals surface area contributed by atoms with Crippen molar-refractivity contribution in [1.29, 1.82) is 0 Å². The number of nitrogens with one attached hydrogen (secondary N) is 2. The minimum Gasteiger partial charge on any atom is -0.450 e. The van der Waals surface area contributed by atoms with Crippen molar-refractivity contribution in [2.45, 2.75) is 44.8 Å². The van der Waals surface area contributed by atoms with Crippen molar-refractivity contribution in [3.8, 4) is 0 Å². The predicted octanol–water partition coefficient (Wildman–Crippen LogP) is 0.426.